The number of carbonyl (C=O) groups is 2. The highest BCUT2D eigenvalue weighted by atomic mass is 16.4. The van der Waals surface area contributed by atoms with Gasteiger partial charge < -0.3 is 15.7 Å². The van der Waals surface area contributed by atoms with Crippen LogP contribution in [0.4, 0.5) is 4.79 Å². The minimum absolute atomic E-state index is 0.112. The van der Waals surface area contributed by atoms with Crippen molar-refractivity contribution in [1.29, 1.82) is 0 Å². The van der Waals surface area contributed by atoms with E-state index in [2.05, 4.69) is 31.4 Å². The number of aliphatic carboxylic acids is 1. The fourth-order valence-corrected chi connectivity index (χ4v) is 1.11. The van der Waals surface area contributed by atoms with E-state index in [1.807, 2.05) is 0 Å². The molecule has 17 heavy (non-hydrogen) atoms. The highest BCUT2D eigenvalue weighted by Crippen LogP contribution is 2.17. The Balaban J connectivity index is 3.50. The summed E-state index contributed by atoms with van der Waals surface area (Å²) < 4.78 is 0. The van der Waals surface area contributed by atoms with Crippen LogP contribution in [0.2, 0.25) is 0 Å². The van der Waals surface area contributed by atoms with E-state index in [4.69, 9.17) is 5.11 Å². The molecule has 0 aromatic rings. The molecule has 0 unspecified atom stereocenters. The Morgan fingerprint density at radius 3 is 2.35 bits per heavy atom. The first kappa shape index (κ1) is 15.7. The zero-order valence-corrected chi connectivity index (χ0v) is 11.0. The smallest absolute Gasteiger partial charge is 0.314 e. The van der Waals surface area contributed by atoms with Gasteiger partial charge in [-0.05, 0) is 24.7 Å². The molecule has 0 rings (SSSR count). The van der Waals surface area contributed by atoms with Crippen LogP contribution in [-0.2, 0) is 4.79 Å². The predicted molar refractivity (Wildman–Crippen MR) is 67.0 cm³/mol. The number of rotatable bonds is 8. The number of carboxylic acids is 1. The fourth-order valence-electron chi connectivity index (χ4n) is 1.11. The van der Waals surface area contributed by atoms with Gasteiger partial charge in [0.15, 0.2) is 0 Å². The molecule has 0 atom stereocenters. The molecule has 0 fully saturated rings. The first-order valence-electron chi connectivity index (χ1n) is 6.11. The standard InChI is InChI=1S/C12H24N2O3/c1-4-12(2,3)9-14-11(17)13-8-6-5-7-10(15)16/h4-9H2,1-3H3,(H,15,16)(H2,13,14,17). The van der Waals surface area contributed by atoms with E-state index in [9.17, 15) is 9.59 Å². The van der Waals surface area contributed by atoms with Crippen LogP contribution < -0.4 is 10.6 Å². The van der Waals surface area contributed by atoms with Crippen LogP contribution in [0.3, 0.4) is 0 Å². The lowest BCUT2D eigenvalue weighted by molar-refractivity contribution is -0.137. The topological polar surface area (TPSA) is 78.4 Å². The van der Waals surface area contributed by atoms with Crippen molar-refractivity contribution in [1.82, 2.24) is 10.6 Å². The van der Waals surface area contributed by atoms with Crippen molar-refractivity contribution in [3.8, 4) is 0 Å². The number of unbranched alkanes of at least 4 members (excludes halogenated alkanes) is 1. The molecule has 5 nitrogen and oxygen atoms in total. The van der Waals surface area contributed by atoms with Gasteiger partial charge in [-0.15, -0.1) is 0 Å². The summed E-state index contributed by atoms with van der Waals surface area (Å²) in [6.07, 6.45) is 2.45. The van der Waals surface area contributed by atoms with Crippen LogP contribution in [0, 0.1) is 5.41 Å². The zero-order valence-electron chi connectivity index (χ0n) is 11.0. The highest BCUT2D eigenvalue weighted by molar-refractivity contribution is 5.73. The number of nitrogens with one attached hydrogen (secondary N) is 2. The van der Waals surface area contributed by atoms with Crippen LogP contribution in [0.1, 0.15) is 46.5 Å². The average molecular weight is 244 g/mol. The van der Waals surface area contributed by atoms with Crippen LogP contribution in [0.25, 0.3) is 0 Å². The Labute approximate surface area is 103 Å². The lowest BCUT2D eigenvalue weighted by Crippen LogP contribution is -2.40. The molecule has 0 aliphatic heterocycles. The monoisotopic (exact) mass is 244 g/mol. The number of carbonyl (C=O) groups excluding carboxylic acids is 1. The second-order valence-corrected chi connectivity index (χ2v) is 4.98. The highest BCUT2D eigenvalue weighted by Gasteiger charge is 2.15. The summed E-state index contributed by atoms with van der Waals surface area (Å²) in [6.45, 7) is 7.45. The Hall–Kier alpha value is -1.26. The van der Waals surface area contributed by atoms with Gasteiger partial charge in [0.05, 0.1) is 0 Å². The van der Waals surface area contributed by atoms with Crippen molar-refractivity contribution >= 4 is 12.0 Å². The Kier molecular flexibility index (Phi) is 7.34. The summed E-state index contributed by atoms with van der Waals surface area (Å²) in [7, 11) is 0. The first-order chi connectivity index (χ1) is 7.87. The SMILES string of the molecule is CCC(C)(C)CNC(=O)NCCCCC(=O)O. The van der Waals surface area contributed by atoms with E-state index >= 15 is 0 Å². The minimum atomic E-state index is -0.792. The molecular weight excluding hydrogens is 220 g/mol. The van der Waals surface area contributed by atoms with E-state index in [0.29, 0.717) is 25.9 Å². The van der Waals surface area contributed by atoms with E-state index in [1.54, 1.807) is 0 Å². The number of amides is 2. The Morgan fingerprint density at radius 2 is 1.82 bits per heavy atom. The minimum Gasteiger partial charge on any atom is -0.481 e. The lowest BCUT2D eigenvalue weighted by atomic mass is 9.90. The van der Waals surface area contributed by atoms with Crippen molar-refractivity contribution in [2.45, 2.75) is 46.5 Å². The van der Waals surface area contributed by atoms with E-state index in [0.717, 1.165) is 6.42 Å². The first-order valence-corrected chi connectivity index (χ1v) is 6.11. The fraction of sp³-hybridized carbons (Fsp3) is 0.833. The molecule has 0 bridgehead atoms. The predicted octanol–water partition coefficient (Wildman–Crippen LogP) is 1.98. The third-order valence-corrected chi connectivity index (χ3v) is 2.79. The van der Waals surface area contributed by atoms with Gasteiger partial charge in [-0.3, -0.25) is 4.79 Å². The second kappa shape index (κ2) is 7.92. The molecule has 0 aliphatic rings. The molecule has 0 spiro atoms. The summed E-state index contributed by atoms with van der Waals surface area (Å²) >= 11 is 0. The summed E-state index contributed by atoms with van der Waals surface area (Å²) in [5.74, 6) is -0.792. The van der Waals surface area contributed by atoms with Crippen LogP contribution in [-0.4, -0.2) is 30.2 Å². The van der Waals surface area contributed by atoms with Crippen LogP contribution >= 0.6 is 0 Å². The molecule has 0 aromatic heterocycles. The van der Waals surface area contributed by atoms with Gasteiger partial charge in [-0.25, -0.2) is 4.79 Å². The molecular formula is C12H24N2O3. The maximum Gasteiger partial charge on any atom is 0.314 e. The lowest BCUT2D eigenvalue weighted by Gasteiger charge is -2.22. The quantitative estimate of drug-likeness (QED) is 0.571. The maximum atomic E-state index is 11.4. The summed E-state index contributed by atoms with van der Waals surface area (Å²) in [4.78, 5) is 21.6. The van der Waals surface area contributed by atoms with Gasteiger partial charge in [-0.2, -0.15) is 0 Å². The van der Waals surface area contributed by atoms with Crippen LogP contribution in [0.5, 0.6) is 0 Å². The number of hydrogen-bond donors (Lipinski definition) is 3. The molecule has 3 N–H and O–H groups in total. The van der Waals surface area contributed by atoms with Crippen LogP contribution in [0.15, 0.2) is 0 Å². The Bertz CT molecular complexity index is 252. The molecule has 0 saturated heterocycles. The molecule has 0 heterocycles. The van der Waals surface area contributed by atoms with Crippen molar-refractivity contribution in [3.05, 3.63) is 0 Å². The molecule has 0 aromatic carbocycles. The van der Waals surface area contributed by atoms with Gasteiger partial charge in [0, 0.05) is 19.5 Å². The van der Waals surface area contributed by atoms with Gasteiger partial charge in [0.1, 0.15) is 0 Å². The van der Waals surface area contributed by atoms with Gasteiger partial charge >= 0.3 is 12.0 Å². The van der Waals surface area contributed by atoms with Gasteiger partial charge in [0.2, 0.25) is 0 Å². The molecule has 0 saturated carbocycles. The largest absolute Gasteiger partial charge is 0.481 e. The van der Waals surface area contributed by atoms with Crippen molar-refractivity contribution < 1.29 is 14.7 Å². The second-order valence-electron chi connectivity index (χ2n) is 4.98. The van der Waals surface area contributed by atoms with E-state index in [-0.39, 0.29) is 17.9 Å². The summed E-state index contributed by atoms with van der Waals surface area (Å²) in [6, 6.07) is -0.179. The van der Waals surface area contributed by atoms with Crippen molar-refractivity contribution in [2.24, 2.45) is 5.41 Å². The van der Waals surface area contributed by atoms with Gasteiger partial charge in [0.25, 0.3) is 0 Å². The van der Waals surface area contributed by atoms with E-state index in [1.165, 1.54) is 0 Å². The molecule has 100 valence electrons. The van der Waals surface area contributed by atoms with Crippen molar-refractivity contribution in [3.63, 3.8) is 0 Å². The number of hydrogen-bond acceptors (Lipinski definition) is 2. The average Bonchev–Trinajstić information content (AvgIpc) is 2.26. The zero-order chi connectivity index (χ0) is 13.3. The third kappa shape index (κ3) is 9.66. The number of carboxylic acid groups (broad SMARTS) is 1. The molecule has 0 radical (unpaired) electrons. The molecule has 5 heteroatoms. The summed E-state index contributed by atoms with van der Waals surface area (Å²) in [5.41, 5.74) is 0.112. The van der Waals surface area contributed by atoms with Crippen molar-refractivity contribution in [2.75, 3.05) is 13.1 Å². The third-order valence-electron chi connectivity index (χ3n) is 2.79. The molecule has 0 aliphatic carbocycles. The number of urea groups is 1. The van der Waals surface area contributed by atoms with E-state index < -0.39 is 5.97 Å². The summed E-state index contributed by atoms with van der Waals surface area (Å²) in [5, 5.41) is 13.9. The molecule has 2 amide bonds. The maximum absolute atomic E-state index is 11.4. The normalized spacial score (nSPS) is 11.0. The van der Waals surface area contributed by atoms with Gasteiger partial charge in [-0.1, -0.05) is 20.8 Å². The Morgan fingerprint density at radius 1 is 1.18 bits per heavy atom.